The van der Waals surface area contributed by atoms with Gasteiger partial charge in [-0.3, -0.25) is 0 Å². The molecule has 1 amide bonds. The summed E-state index contributed by atoms with van der Waals surface area (Å²) in [7, 11) is 1.30. The van der Waals surface area contributed by atoms with Crippen LogP contribution in [0.15, 0.2) is 12.1 Å². The molecule has 0 aromatic carbocycles. The van der Waals surface area contributed by atoms with Crippen molar-refractivity contribution in [2.45, 2.75) is 38.1 Å². The van der Waals surface area contributed by atoms with Crippen LogP contribution in [0.25, 0.3) is 0 Å². The van der Waals surface area contributed by atoms with E-state index in [1.165, 1.54) is 13.2 Å². The first-order valence-corrected chi connectivity index (χ1v) is 8.62. The molecule has 0 fully saturated rings. The van der Waals surface area contributed by atoms with E-state index in [9.17, 15) is 9.59 Å². The summed E-state index contributed by atoms with van der Waals surface area (Å²) in [6.07, 6.45) is 0.139. The lowest BCUT2D eigenvalue weighted by molar-refractivity contribution is 0.0523. The minimum atomic E-state index is -0.520. The number of halogens is 1. The number of aromatic nitrogens is 1. The van der Waals surface area contributed by atoms with E-state index in [4.69, 9.17) is 9.47 Å². The molecule has 0 saturated carbocycles. The second-order valence-electron chi connectivity index (χ2n) is 5.94. The molecule has 0 spiro atoms. The number of alkyl carbamates (subject to hydrolysis) is 1. The maximum absolute atomic E-state index is 11.6. The average molecular weight is 403 g/mol. The molecule has 134 valence electrons. The first-order chi connectivity index (χ1) is 11.2. The first-order valence-electron chi connectivity index (χ1n) is 7.50. The molecule has 24 heavy (non-hydrogen) atoms. The molecule has 1 heterocycles. The van der Waals surface area contributed by atoms with Crippen molar-refractivity contribution in [3.63, 3.8) is 0 Å². The van der Waals surface area contributed by atoms with Crippen LogP contribution in [-0.4, -0.2) is 42.9 Å². The minimum absolute atomic E-state index is 0.191. The van der Waals surface area contributed by atoms with Gasteiger partial charge < -0.3 is 19.5 Å². The number of methoxy groups -OCH3 is 1. The van der Waals surface area contributed by atoms with Crippen molar-refractivity contribution in [3.05, 3.63) is 23.5 Å². The fraction of sp³-hybridized carbons (Fsp3) is 0.562. The van der Waals surface area contributed by atoms with Gasteiger partial charge in [0, 0.05) is 24.0 Å². The Morgan fingerprint density at radius 1 is 1.29 bits per heavy atom. The van der Waals surface area contributed by atoms with Gasteiger partial charge in [-0.25, -0.2) is 14.6 Å². The second-order valence-corrected chi connectivity index (χ2v) is 6.50. The molecule has 8 heteroatoms. The third-order valence-corrected chi connectivity index (χ3v) is 3.22. The molecule has 0 atom stereocenters. The van der Waals surface area contributed by atoms with Gasteiger partial charge in [-0.2, -0.15) is 0 Å². The number of pyridine rings is 1. The lowest BCUT2D eigenvalue weighted by Crippen LogP contribution is -2.33. The molecular weight excluding hydrogens is 380 g/mol. The van der Waals surface area contributed by atoms with Crippen LogP contribution >= 0.6 is 15.9 Å². The summed E-state index contributed by atoms with van der Waals surface area (Å²) in [6.45, 7) is 6.22. The van der Waals surface area contributed by atoms with Gasteiger partial charge >= 0.3 is 12.1 Å². The topological polar surface area (TPSA) is 86.8 Å². The van der Waals surface area contributed by atoms with Crippen molar-refractivity contribution in [3.8, 4) is 5.75 Å². The summed E-state index contributed by atoms with van der Waals surface area (Å²) in [5, 5.41) is 3.15. The van der Waals surface area contributed by atoms with Gasteiger partial charge in [0.05, 0.1) is 19.4 Å². The fourth-order valence-electron chi connectivity index (χ4n) is 1.69. The molecule has 0 saturated heterocycles. The third kappa shape index (κ3) is 7.63. The fourth-order valence-corrected chi connectivity index (χ4v) is 1.97. The predicted molar refractivity (Wildman–Crippen MR) is 92.6 cm³/mol. The van der Waals surface area contributed by atoms with Gasteiger partial charge in [0.1, 0.15) is 11.4 Å². The van der Waals surface area contributed by atoms with Crippen LogP contribution < -0.4 is 10.1 Å². The smallest absolute Gasteiger partial charge is 0.407 e. The van der Waals surface area contributed by atoms with Gasteiger partial charge in [0.15, 0.2) is 5.69 Å². The maximum atomic E-state index is 11.6. The Bertz CT molecular complexity index is 572. The van der Waals surface area contributed by atoms with Gasteiger partial charge in [-0.15, -0.1) is 0 Å². The second kappa shape index (κ2) is 9.46. The van der Waals surface area contributed by atoms with Crippen LogP contribution in [0.4, 0.5) is 4.79 Å². The molecule has 1 rings (SSSR count). The van der Waals surface area contributed by atoms with Crippen LogP contribution in [0.1, 0.15) is 43.4 Å². The van der Waals surface area contributed by atoms with Gasteiger partial charge in [0.2, 0.25) is 0 Å². The molecule has 0 aliphatic carbocycles. The monoisotopic (exact) mass is 402 g/mol. The number of carbonyl (C=O) groups excluding carboxylic acids is 2. The van der Waals surface area contributed by atoms with E-state index in [0.717, 1.165) is 0 Å². The van der Waals surface area contributed by atoms with E-state index < -0.39 is 17.7 Å². The largest absolute Gasteiger partial charge is 0.493 e. The van der Waals surface area contributed by atoms with Crippen LogP contribution in [0.5, 0.6) is 5.75 Å². The van der Waals surface area contributed by atoms with E-state index in [-0.39, 0.29) is 5.69 Å². The van der Waals surface area contributed by atoms with Gasteiger partial charge in [-0.05, 0) is 27.2 Å². The molecule has 1 aromatic heterocycles. The van der Waals surface area contributed by atoms with Crippen molar-refractivity contribution < 1.29 is 23.8 Å². The van der Waals surface area contributed by atoms with Crippen molar-refractivity contribution >= 4 is 28.0 Å². The van der Waals surface area contributed by atoms with Crippen LogP contribution in [-0.2, 0) is 14.8 Å². The Morgan fingerprint density at radius 2 is 2.00 bits per heavy atom. The Morgan fingerprint density at radius 3 is 2.58 bits per heavy atom. The number of carbonyl (C=O) groups is 2. The maximum Gasteiger partial charge on any atom is 0.407 e. The van der Waals surface area contributed by atoms with E-state index in [0.29, 0.717) is 36.3 Å². The number of amides is 1. The summed E-state index contributed by atoms with van der Waals surface area (Å²) in [5.74, 6) is 0.00589. The lowest BCUT2D eigenvalue weighted by atomic mass is 10.2. The Kier molecular flexibility index (Phi) is 7.97. The third-order valence-electron chi connectivity index (χ3n) is 2.64. The number of nitrogens with zero attached hydrogens (tertiary/aromatic N) is 1. The summed E-state index contributed by atoms with van der Waals surface area (Å²) in [6, 6.07) is 3.27. The molecule has 0 bridgehead atoms. The highest BCUT2D eigenvalue weighted by atomic mass is 79.9. The highest BCUT2D eigenvalue weighted by molar-refractivity contribution is 9.08. The Balaban J connectivity index is 2.45. The zero-order valence-electron chi connectivity index (χ0n) is 14.3. The van der Waals surface area contributed by atoms with E-state index >= 15 is 0 Å². The van der Waals surface area contributed by atoms with E-state index in [1.807, 2.05) is 0 Å². The van der Waals surface area contributed by atoms with E-state index in [2.05, 4.69) is 31.0 Å². The molecule has 0 aliphatic heterocycles. The average Bonchev–Trinajstić information content (AvgIpc) is 2.51. The number of hydrogen-bond acceptors (Lipinski definition) is 6. The van der Waals surface area contributed by atoms with E-state index in [1.54, 1.807) is 26.8 Å². The normalized spacial score (nSPS) is 10.9. The summed E-state index contributed by atoms with van der Waals surface area (Å²) in [4.78, 5) is 27.2. The number of alkyl halides is 1. The zero-order valence-corrected chi connectivity index (χ0v) is 15.9. The highest BCUT2D eigenvalue weighted by Crippen LogP contribution is 2.17. The molecule has 0 unspecified atom stereocenters. The minimum Gasteiger partial charge on any atom is -0.493 e. The van der Waals surface area contributed by atoms with Crippen molar-refractivity contribution in [1.82, 2.24) is 10.3 Å². The van der Waals surface area contributed by atoms with Crippen molar-refractivity contribution in [1.29, 1.82) is 0 Å². The molecular formula is C16H23BrN2O5. The number of ether oxygens (including phenoxy) is 3. The molecule has 1 aromatic rings. The van der Waals surface area contributed by atoms with Crippen LogP contribution in [0, 0.1) is 0 Å². The number of esters is 1. The quantitative estimate of drug-likeness (QED) is 0.428. The van der Waals surface area contributed by atoms with Crippen LogP contribution in [0.2, 0.25) is 0 Å². The molecule has 0 aliphatic rings. The lowest BCUT2D eigenvalue weighted by Gasteiger charge is -2.19. The van der Waals surface area contributed by atoms with Crippen LogP contribution in [0.3, 0.4) is 0 Å². The zero-order chi connectivity index (χ0) is 18.2. The van der Waals surface area contributed by atoms with Crippen molar-refractivity contribution in [2.75, 3.05) is 20.3 Å². The summed E-state index contributed by atoms with van der Waals surface area (Å²) >= 11 is 3.30. The SMILES string of the molecule is COC(=O)c1cc(OCCCNC(=O)OC(C)(C)C)cc(CBr)n1. The van der Waals surface area contributed by atoms with Crippen molar-refractivity contribution in [2.24, 2.45) is 0 Å². The number of hydrogen-bond donors (Lipinski definition) is 1. The summed E-state index contributed by atoms with van der Waals surface area (Å²) in [5.41, 5.74) is 0.338. The predicted octanol–water partition coefficient (Wildman–Crippen LogP) is 3.06. The highest BCUT2D eigenvalue weighted by Gasteiger charge is 2.15. The van der Waals surface area contributed by atoms with Gasteiger partial charge in [-0.1, -0.05) is 15.9 Å². The molecule has 7 nitrogen and oxygen atoms in total. The Labute approximate surface area is 150 Å². The number of nitrogens with one attached hydrogen (secondary N) is 1. The molecule has 0 radical (unpaired) electrons. The Hall–Kier alpha value is -1.83. The van der Waals surface area contributed by atoms with Gasteiger partial charge in [0.25, 0.3) is 0 Å². The first kappa shape index (κ1) is 20.2. The number of rotatable bonds is 7. The molecule has 1 N–H and O–H groups in total. The summed E-state index contributed by atoms with van der Waals surface area (Å²) < 4.78 is 15.4. The standard InChI is InChI=1S/C16H23BrN2O5/c1-16(2,3)24-15(21)18-6-5-7-23-12-8-11(10-17)19-13(9-12)14(20)22-4/h8-9H,5-7,10H2,1-4H3,(H,18,21).